The molecule has 7 heteroatoms. The lowest BCUT2D eigenvalue weighted by Crippen LogP contribution is -2.24. The number of Topliss-reactive ketones (excluding diaryl/α,β-unsaturated/α-hetero) is 1. The summed E-state index contributed by atoms with van der Waals surface area (Å²) in [6.45, 7) is 0. The van der Waals surface area contributed by atoms with Gasteiger partial charge in [-0.3, -0.25) is 14.4 Å². The Bertz CT molecular complexity index is 1260. The summed E-state index contributed by atoms with van der Waals surface area (Å²) in [6, 6.07) is 19.0. The molecular weight excluding hydrogens is 484 g/mol. The fourth-order valence-corrected chi connectivity index (χ4v) is 3.77. The Balaban J connectivity index is 1.86. The third-order valence-electron chi connectivity index (χ3n) is 5.87. The summed E-state index contributed by atoms with van der Waals surface area (Å²) in [6.07, 6.45) is 5.53. The quantitative estimate of drug-likeness (QED) is 0.170. The van der Waals surface area contributed by atoms with E-state index in [1.54, 1.807) is 78.9 Å². The van der Waals surface area contributed by atoms with Crippen LogP contribution in [0.3, 0.4) is 0 Å². The lowest BCUT2D eigenvalue weighted by atomic mass is 9.89. The van der Waals surface area contributed by atoms with E-state index in [1.807, 2.05) is 0 Å². The molecule has 0 aromatic heterocycles. The molecule has 0 aliphatic heterocycles. The third kappa shape index (κ3) is 7.20. The molecule has 3 rings (SSSR count). The number of allylic oxidation sites excluding steroid dienone is 2. The van der Waals surface area contributed by atoms with Gasteiger partial charge in [0.25, 0.3) is 0 Å². The van der Waals surface area contributed by atoms with Crippen LogP contribution in [0.5, 0.6) is 23.0 Å². The molecule has 0 N–H and O–H groups in total. The number of hydrogen-bond acceptors (Lipinski definition) is 7. The average Bonchev–Trinajstić information content (AvgIpc) is 2.97. The van der Waals surface area contributed by atoms with Gasteiger partial charge in [0.05, 0.1) is 34.4 Å². The summed E-state index contributed by atoms with van der Waals surface area (Å²) in [5.41, 5.74) is 1.79. The number of hydrogen-bond donors (Lipinski definition) is 0. The van der Waals surface area contributed by atoms with Crippen molar-refractivity contribution in [2.45, 2.75) is 6.42 Å². The minimum absolute atomic E-state index is 0.256. The maximum absolute atomic E-state index is 13.2. The molecule has 0 bridgehead atoms. The second-order valence-electron chi connectivity index (χ2n) is 8.25. The van der Waals surface area contributed by atoms with Gasteiger partial charge in [-0.1, -0.05) is 54.6 Å². The van der Waals surface area contributed by atoms with Crippen molar-refractivity contribution in [2.75, 3.05) is 28.4 Å². The Morgan fingerprint density at radius 3 is 1.50 bits per heavy atom. The summed E-state index contributed by atoms with van der Waals surface area (Å²) in [5, 5.41) is 0. The van der Waals surface area contributed by atoms with Crippen molar-refractivity contribution in [3.05, 3.63) is 95.6 Å². The molecule has 0 unspecified atom stereocenters. The molecule has 0 aliphatic carbocycles. The number of benzene rings is 3. The predicted molar refractivity (Wildman–Crippen MR) is 146 cm³/mol. The summed E-state index contributed by atoms with van der Waals surface area (Å²) < 4.78 is 21.1. The molecule has 0 saturated heterocycles. The largest absolute Gasteiger partial charge is 0.493 e. The van der Waals surface area contributed by atoms with Gasteiger partial charge in [-0.15, -0.1) is 0 Å². The van der Waals surface area contributed by atoms with Gasteiger partial charge in [0, 0.05) is 12.0 Å². The van der Waals surface area contributed by atoms with E-state index in [1.165, 1.54) is 40.6 Å². The molecule has 3 aromatic carbocycles. The summed E-state index contributed by atoms with van der Waals surface area (Å²) >= 11 is 0. The van der Waals surface area contributed by atoms with Crippen LogP contribution >= 0.6 is 0 Å². The highest BCUT2D eigenvalue weighted by Crippen LogP contribution is 2.29. The van der Waals surface area contributed by atoms with Crippen LogP contribution in [0.1, 0.15) is 27.9 Å². The first-order valence-corrected chi connectivity index (χ1v) is 11.9. The fourth-order valence-electron chi connectivity index (χ4n) is 3.77. The Hall–Kier alpha value is -4.65. The zero-order valence-corrected chi connectivity index (χ0v) is 21.8. The molecule has 0 aliphatic rings. The zero-order valence-electron chi connectivity index (χ0n) is 21.8. The van der Waals surface area contributed by atoms with E-state index in [4.69, 9.17) is 18.9 Å². The van der Waals surface area contributed by atoms with E-state index < -0.39 is 17.5 Å². The minimum atomic E-state index is -1.18. The van der Waals surface area contributed by atoms with Gasteiger partial charge >= 0.3 is 0 Å². The molecule has 0 saturated carbocycles. The van der Waals surface area contributed by atoms with E-state index in [0.717, 1.165) is 0 Å². The van der Waals surface area contributed by atoms with Gasteiger partial charge in [0.1, 0.15) is 0 Å². The smallest absolute Gasteiger partial charge is 0.166 e. The van der Waals surface area contributed by atoms with Crippen LogP contribution in [-0.2, 0) is 9.59 Å². The number of rotatable bonds is 13. The summed E-state index contributed by atoms with van der Waals surface area (Å²) in [4.78, 5) is 39.3. The lowest BCUT2D eigenvalue weighted by molar-refractivity contribution is -0.127. The van der Waals surface area contributed by atoms with Crippen molar-refractivity contribution in [3.8, 4) is 23.0 Å². The molecule has 38 heavy (non-hydrogen) atoms. The first-order valence-electron chi connectivity index (χ1n) is 11.9. The Morgan fingerprint density at radius 2 is 1.08 bits per heavy atom. The number of ether oxygens (including phenoxy) is 4. The van der Waals surface area contributed by atoms with Gasteiger partial charge in [-0.2, -0.15) is 0 Å². The molecular formula is C31H30O7. The lowest BCUT2D eigenvalue weighted by Gasteiger charge is -2.11. The van der Waals surface area contributed by atoms with Crippen LogP contribution in [0.15, 0.2) is 78.9 Å². The van der Waals surface area contributed by atoms with Crippen LogP contribution in [-0.4, -0.2) is 45.8 Å². The van der Waals surface area contributed by atoms with Crippen LogP contribution in [0, 0.1) is 5.92 Å². The average molecular weight is 515 g/mol. The maximum Gasteiger partial charge on any atom is 0.166 e. The first kappa shape index (κ1) is 27.9. The molecule has 0 spiro atoms. The maximum atomic E-state index is 13.2. The van der Waals surface area contributed by atoms with Crippen molar-refractivity contribution in [1.29, 1.82) is 0 Å². The number of methoxy groups -OCH3 is 4. The summed E-state index contributed by atoms with van der Waals surface area (Å²) in [7, 11) is 6.11. The molecule has 0 amide bonds. The predicted octanol–water partition coefficient (Wildman–Crippen LogP) is 5.48. The molecule has 0 fully saturated rings. The Morgan fingerprint density at radius 1 is 0.632 bits per heavy atom. The molecule has 0 radical (unpaired) electrons. The van der Waals surface area contributed by atoms with Gasteiger partial charge in [0.2, 0.25) is 0 Å². The van der Waals surface area contributed by atoms with Crippen molar-refractivity contribution in [1.82, 2.24) is 0 Å². The molecule has 0 atom stereocenters. The minimum Gasteiger partial charge on any atom is -0.493 e. The highest BCUT2D eigenvalue weighted by Gasteiger charge is 2.26. The Labute approximate surface area is 222 Å². The van der Waals surface area contributed by atoms with E-state index in [9.17, 15) is 14.4 Å². The number of ketones is 3. The van der Waals surface area contributed by atoms with E-state index >= 15 is 0 Å². The van der Waals surface area contributed by atoms with Crippen LogP contribution in [0.4, 0.5) is 0 Å². The normalized spacial score (nSPS) is 11.1. The fraction of sp³-hybridized carbons (Fsp3) is 0.194. The van der Waals surface area contributed by atoms with Gasteiger partial charge in [-0.25, -0.2) is 0 Å². The van der Waals surface area contributed by atoms with E-state index in [-0.39, 0.29) is 12.2 Å². The van der Waals surface area contributed by atoms with E-state index in [0.29, 0.717) is 39.7 Å². The van der Waals surface area contributed by atoms with Gasteiger partial charge in [-0.05, 0) is 47.5 Å². The second kappa shape index (κ2) is 13.6. The third-order valence-corrected chi connectivity index (χ3v) is 5.87. The van der Waals surface area contributed by atoms with E-state index in [2.05, 4.69) is 0 Å². The standard InChI is InChI=1S/C31H30O7/c1-35-28-16-12-21(18-30(28)37-3)10-14-25(32)24(20-27(34)23-8-6-5-7-9-23)26(33)15-11-22-13-17-29(36-2)31(19-22)38-4/h5-19,24H,20H2,1-4H3/b14-10+,15-11+. The number of carbonyl (C=O) groups is 3. The van der Waals surface area contributed by atoms with Gasteiger partial charge < -0.3 is 18.9 Å². The molecule has 196 valence electrons. The van der Waals surface area contributed by atoms with Crippen molar-refractivity contribution in [3.63, 3.8) is 0 Å². The zero-order chi connectivity index (χ0) is 27.5. The van der Waals surface area contributed by atoms with Crippen molar-refractivity contribution >= 4 is 29.5 Å². The van der Waals surface area contributed by atoms with Crippen LogP contribution in [0.25, 0.3) is 12.2 Å². The highest BCUT2D eigenvalue weighted by molar-refractivity contribution is 6.16. The summed E-state index contributed by atoms with van der Waals surface area (Å²) in [5.74, 6) is -0.321. The van der Waals surface area contributed by atoms with Crippen molar-refractivity contribution < 1.29 is 33.3 Å². The van der Waals surface area contributed by atoms with Crippen LogP contribution < -0.4 is 18.9 Å². The first-order chi connectivity index (χ1) is 18.4. The topological polar surface area (TPSA) is 88.1 Å². The highest BCUT2D eigenvalue weighted by atomic mass is 16.5. The second-order valence-corrected chi connectivity index (χ2v) is 8.25. The SMILES string of the molecule is COc1ccc(/C=C/C(=O)C(CC(=O)c2ccccc2)C(=O)/C=C/c2ccc(OC)c(OC)c2)cc1OC. The molecule has 0 heterocycles. The van der Waals surface area contributed by atoms with Gasteiger partial charge in [0.15, 0.2) is 40.3 Å². The van der Waals surface area contributed by atoms with Crippen LogP contribution in [0.2, 0.25) is 0 Å². The number of carbonyl (C=O) groups excluding carboxylic acids is 3. The molecule has 7 nitrogen and oxygen atoms in total. The Kier molecular flexibility index (Phi) is 10.00. The molecule has 3 aromatic rings. The monoisotopic (exact) mass is 514 g/mol. The van der Waals surface area contributed by atoms with Crippen molar-refractivity contribution in [2.24, 2.45) is 5.92 Å².